The molecule has 0 heterocycles. The zero-order chi connectivity index (χ0) is 15.6. The van der Waals surface area contributed by atoms with Crippen LogP contribution in [0, 0.1) is 6.92 Å². The molecule has 21 heavy (non-hydrogen) atoms. The molecule has 0 aliphatic carbocycles. The highest BCUT2D eigenvalue weighted by Crippen LogP contribution is 2.22. The number of aryl methyl sites for hydroxylation is 1. The lowest BCUT2D eigenvalue weighted by Crippen LogP contribution is -2.15. The van der Waals surface area contributed by atoms with E-state index in [2.05, 4.69) is 5.32 Å². The van der Waals surface area contributed by atoms with Gasteiger partial charge in [-0.15, -0.1) is 0 Å². The lowest BCUT2D eigenvalue weighted by atomic mass is 10.1. The van der Waals surface area contributed by atoms with Crippen molar-refractivity contribution in [1.82, 2.24) is 0 Å². The van der Waals surface area contributed by atoms with E-state index in [1.807, 2.05) is 6.92 Å². The minimum absolute atomic E-state index is 0.0317. The van der Waals surface area contributed by atoms with Crippen molar-refractivity contribution in [3.8, 4) is 0 Å². The normalized spacial score (nSPS) is 10.2. The highest BCUT2D eigenvalue weighted by molar-refractivity contribution is 6.31. The van der Waals surface area contributed by atoms with Crippen molar-refractivity contribution in [2.75, 3.05) is 11.1 Å². The van der Waals surface area contributed by atoms with Gasteiger partial charge in [0.05, 0.1) is 11.3 Å². The molecule has 0 aromatic heterocycles. The number of rotatable bonds is 3. The summed E-state index contributed by atoms with van der Waals surface area (Å²) in [7, 11) is 0. The number of anilines is 2. The van der Waals surface area contributed by atoms with Gasteiger partial charge in [-0.3, -0.25) is 4.79 Å². The van der Waals surface area contributed by atoms with Crippen molar-refractivity contribution in [2.24, 2.45) is 0 Å². The summed E-state index contributed by atoms with van der Waals surface area (Å²) < 4.78 is 0. The summed E-state index contributed by atoms with van der Waals surface area (Å²) in [5.74, 6) is -1.60. The van der Waals surface area contributed by atoms with Crippen LogP contribution >= 0.6 is 11.6 Å². The number of aromatic carboxylic acids is 1. The first-order valence-electron chi connectivity index (χ1n) is 6.09. The van der Waals surface area contributed by atoms with Crippen LogP contribution in [0.3, 0.4) is 0 Å². The Morgan fingerprint density at radius 2 is 1.90 bits per heavy atom. The molecule has 0 saturated heterocycles. The Kier molecular flexibility index (Phi) is 4.14. The molecule has 0 atom stereocenters. The molecule has 5 nitrogen and oxygen atoms in total. The van der Waals surface area contributed by atoms with Gasteiger partial charge in [-0.2, -0.15) is 0 Å². The second kappa shape index (κ2) is 5.85. The first kappa shape index (κ1) is 14.9. The van der Waals surface area contributed by atoms with Crippen molar-refractivity contribution in [1.29, 1.82) is 0 Å². The number of halogens is 1. The summed E-state index contributed by atoms with van der Waals surface area (Å²) in [5.41, 5.74) is 7.28. The van der Waals surface area contributed by atoms with E-state index < -0.39 is 11.9 Å². The Balaban J connectivity index is 2.33. The molecule has 2 aromatic carbocycles. The SMILES string of the molecule is Cc1ccc(C(=O)Nc2cc(N)ccc2C(=O)O)cc1Cl. The number of hydrogen-bond donors (Lipinski definition) is 3. The van der Waals surface area contributed by atoms with Gasteiger partial charge >= 0.3 is 5.97 Å². The van der Waals surface area contributed by atoms with Crippen molar-refractivity contribution >= 4 is 34.9 Å². The Bertz CT molecular complexity index is 729. The number of nitrogens with one attached hydrogen (secondary N) is 1. The van der Waals surface area contributed by atoms with Gasteiger partial charge in [-0.25, -0.2) is 4.79 Å². The molecule has 0 fully saturated rings. The highest BCUT2D eigenvalue weighted by atomic mass is 35.5. The predicted molar refractivity (Wildman–Crippen MR) is 82.0 cm³/mol. The third kappa shape index (κ3) is 3.32. The summed E-state index contributed by atoms with van der Waals surface area (Å²) in [5, 5.41) is 12.1. The van der Waals surface area contributed by atoms with Crippen LogP contribution < -0.4 is 11.1 Å². The number of hydrogen-bond acceptors (Lipinski definition) is 3. The van der Waals surface area contributed by atoms with Crippen molar-refractivity contribution < 1.29 is 14.7 Å². The van der Waals surface area contributed by atoms with Crippen LogP contribution in [-0.4, -0.2) is 17.0 Å². The standard InChI is InChI=1S/C15H13ClN2O3/c1-8-2-3-9(6-12(8)16)14(19)18-13-7-10(17)4-5-11(13)15(20)21/h2-7H,17H2,1H3,(H,18,19)(H,20,21). The van der Waals surface area contributed by atoms with Gasteiger partial charge in [0.15, 0.2) is 0 Å². The minimum atomic E-state index is -1.15. The van der Waals surface area contributed by atoms with Crippen LogP contribution in [-0.2, 0) is 0 Å². The average Bonchev–Trinajstić information content (AvgIpc) is 2.41. The summed E-state index contributed by atoms with van der Waals surface area (Å²) in [6.07, 6.45) is 0. The van der Waals surface area contributed by atoms with Gasteiger partial charge in [0.1, 0.15) is 0 Å². The minimum Gasteiger partial charge on any atom is -0.478 e. The Hall–Kier alpha value is -2.53. The van der Waals surface area contributed by atoms with Crippen LogP contribution in [0.25, 0.3) is 0 Å². The molecule has 6 heteroatoms. The molecule has 0 aliphatic heterocycles. The topological polar surface area (TPSA) is 92.4 Å². The molecule has 0 unspecified atom stereocenters. The van der Waals surface area contributed by atoms with Crippen molar-refractivity contribution in [2.45, 2.75) is 6.92 Å². The smallest absolute Gasteiger partial charge is 0.337 e. The molecule has 0 radical (unpaired) electrons. The van der Waals surface area contributed by atoms with Crippen LogP contribution in [0.15, 0.2) is 36.4 Å². The molecule has 1 amide bonds. The Morgan fingerprint density at radius 1 is 1.19 bits per heavy atom. The molecule has 108 valence electrons. The Labute approximate surface area is 126 Å². The first-order chi connectivity index (χ1) is 9.88. The fourth-order valence-electron chi connectivity index (χ4n) is 1.78. The number of amides is 1. The van der Waals surface area contributed by atoms with Crippen LogP contribution in [0.5, 0.6) is 0 Å². The zero-order valence-electron chi connectivity index (χ0n) is 11.2. The fourth-order valence-corrected chi connectivity index (χ4v) is 1.96. The quantitative estimate of drug-likeness (QED) is 0.759. The maximum atomic E-state index is 12.2. The maximum absolute atomic E-state index is 12.2. The number of carbonyl (C=O) groups is 2. The van der Waals surface area contributed by atoms with E-state index in [9.17, 15) is 9.59 Å². The molecular weight excluding hydrogens is 292 g/mol. The lowest BCUT2D eigenvalue weighted by molar-refractivity contribution is 0.0698. The molecular formula is C15H13ClN2O3. The number of carboxylic acids is 1. The molecule has 0 aliphatic rings. The van der Waals surface area contributed by atoms with Gasteiger partial charge in [0.25, 0.3) is 5.91 Å². The van der Waals surface area contributed by atoms with Gasteiger partial charge in [0.2, 0.25) is 0 Å². The number of carboxylic acid groups (broad SMARTS) is 1. The Morgan fingerprint density at radius 3 is 2.52 bits per heavy atom. The molecule has 0 saturated carbocycles. The maximum Gasteiger partial charge on any atom is 0.337 e. The van der Waals surface area contributed by atoms with Gasteiger partial charge in [-0.1, -0.05) is 17.7 Å². The van der Waals surface area contributed by atoms with Crippen molar-refractivity contribution in [3.63, 3.8) is 0 Å². The second-order valence-electron chi connectivity index (χ2n) is 4.53. The summed E-state index contributed by atoms with van der Waals surface area (Å²) in [6.45, 7) is 1.82. The predicted octanol–water partition coefficient (Wildman–Crippen LogP) is 3.18. The first-order valence-corrected chi connectivity index (χ1v) is 6.46. The summed E-state index contributed by atoms with van der Waals surface area (Å²) in [6, 6.07) is 9.06. The third-order valence-corrected chi connectivity index (χ3v) is 3.36. The molecule has 0 spiro atoms. The largest absolute Gasteiger partial charge is 0.478 e. The van der Waals surface area contributed by atoms with E-state index >= 15 is 0 Å². The lowest BCUT2D eigenvalue weighted by Gasteiger charge is -2.10. The molecule has 2 aromatic rings. The van der Waals surface area contributed by atoms with Crippen molar-refractivity contribution in [3.05, 3.63) is 58.1 Å². The van der Waals surface area contributed by atoms with E-state index in [1.54, 1.807) is 12.1 Å². The molecule has 2 rings (SSSR count). The summed E-state index contributed by atoms with van der Waals surface area (Å²) >= 11 is 5.97. The van der Waals surface area contributed by atoms with E-state index in [4.69, 9.17) is 22.4 Å². The average molecular weight is 305 g/mol. The highest BCUT2D eigenvalue weighted by Gasteiger charge is 2.14. The molecule has 0 bridgehead atoms. The van der Waals surface area contributed by atoms with E-state index in [0.29, 0.717) is 16.3 Å². The van der Waals surface area contributed by atoms with E-state index in [1.165, 1.54) is 24.3 Å². The number of carbonyl (C=O) groups excluding carboxylic acids is 1. The van der Waals surface area contributed by atoms with Gasteiger partial charge in [-0.05, 0) is 42.8 Å². The zero-order valence-corrected chi connectivity index (χ0v) is 11.9. The number of nitrogen functional groups attached to an aromatic ring is 1. The van der Waals surface area contributed by atoms with Crippen LogP contribution in [0.4, 0.5) is 11.4 Å². The van der Waals surface area contributed by atoms with Crippen LogP contribution in [0.2, 0.25) is 5.02 Å². The van der Waals surface area contributed by atoms with E-state index in [0.717, 1.165) is 5.56 Å². The molecule has 4 N–H and O–H groups in total. The van der Waals surface area contributed by atoms with Gasteiger partial charge in [0, 0.05) is 16.3 Å². The monoisotopic (exact) mass is 304 g/mol. The fraction of sp³-hybridized carbons (Fsp3) is 0.0667. The third-order valence-electron chi connectivity index (χ3n) is 2.96. The number of benzene rings is 2. The second-order valence-corrected chi connectivity index (χ2v) is 4.94. The summed E-state index contributed by atoms with van der Waals surface area (Å²) in [4.78, 5) is 23.3. The van der Waals surface area contributed by atoms with Crippen LogP contribution in [0.1, 0.15) is 26.3 Å². The van der Waals surface area contributed by atoms with E-state index in [-0.39, 0.29) is 11.3 Å². The number of nitrogens with two attached hydrogens (primary N) is 1. The van der Waals surface area contributed by atoms with Gasteiger partial charge < -0.3 is 16.2 Å².